The molecular formula is C31H36N2O5. The van der Waals surface area contributed by atoms with Gasteiger partial charge in [-0.15, -0.1) is 0 Å². The molecule has 3 aromatic carbocycles. The number of methoxy groups -OCH3 is 1. The molecule has 0 unspecified atom stereocenters. The van der Waals surface area contributed by atoms with Crippen LogP contribution < -0.4 is 19.5 Å². The molecule has 3 aromatic rings. The molecule has 1 aliphatic rings. The SMILES string of the molecule is CCCNC(=O)[C@@H](Cc1ccccc1)N(Cc1cccc(OC)c1)C(=O)CCc1ccc2c(c1)OCCO2. The van der Waals surface area contributed by atoms with Gasteiger partial charge >= 0.3 is 0 Å². The third kappa shape index (κ3) is 7.28. The van der Waals surface area contributed by atoms with Gasteiger partial charge in [0.25, 0.3) is 0 Å². The smallest absolute Gasteiger partial charge is 0.243 e. The number of hydrogen-bond acceptors (Lipinski definition) is 5. The van der Waals surface area contributed by atoms with E-state index >= 15 is 0 Å². The molecule has 1 atom stereocenters. The molecule has 0 saturated carbocycles. The Morgan fingerprint density at radius 3 is 2.45 bits per heavy atom. The van der Waals surface area contributed by atoms with Gasteiger partial charge in [0.2, 0.25) is 11.8 Å². The van der Waals surface area contributed by atoms with Crippen molar-refractivity contribution in [3.8, 4) is 17.2 Å². The summed E-state index contributed by atoms with van der Waals surface area (Å²) >= 11 is 0. The van der Waals surface area contributed by atoms with Gasteiger partial charge in [0.1, 0.15) is 25.0 Å². The molecule has 0 radical (unpaired) electrons. The highest BCUT2D eigenvalue weighted by Gasteiger charge is 2.30. The Morgan fingerprint density at radius 1 is 0.921 bits per heavy atom. The third-order valence-electron chi connectivity index (χ3n) is 6.54. The lowest BCUT2D eigenvalue weighted by Gasteiger charge is -2.32. The number of nitrogens with zero attached hydrogens (tertiary/aromatic N) is 1. The maximum absolute atomic E-state index is 13.8. The molecule has 200 valence electrons. The predicted molar refractivity (Wildman–Crippen MR) is 147 cm³/mol. The van der Waals surface area contributed by atoms with Crippen LogP contribution in [-0.2, 0) is 29.0 Å². The zero-order valence-corrected chi connectivity index (χ0v) is 22.2. The van der Waals surface area contributed by atoms with Crippen molar-refractivity contribution in [1.29, 1.82) is 0 Å². The van der Waals surface area contributed by atoms with E-state index in [9.17, 15) is 9.59 Å². The maximum atomic E-state index is 13.8. The molecule has 2 amide bonds. The predicted octanol–water partition coefficient (Wildman–Crippen LogP) is 4.57. The van der Waals surface area contributed by atoms with Crippen LogP contribution in [0.3, 0.4) is 0 Å². The summed E-state index contributed by atoms with van der Waals surface area (Å²) in [5.74, 6) is 1.90. The molecule has 4 rings (SSSR count). The molecule has 0 saturated heterocycles. The number of hydrogen-bond donors (Lipinski definition) is 1. The standard InChI is InChI=1S/C31H36N2O5/c1-3-16-32-31(35)27(20-23-8-5-4-6-9-23)33(22-25-10-7-11-26(19-25)36-2)30(34)15-13-24-12-14-28-29(21-24)38-18-17-37-28/h4-12,14,19,21,27H,3,13,15-18,20,22H2,1-2H3,(H,32,35)/t27-/m1/s1. The van der Waals surface area contributed by atoms with E-state index < -0.39 is 6.04 Å². The van der Waals surface area contributed by atoms with Crippen LogP contribution in [-0.4, -0.2) is 49.6 Å². The second-order valence-electron chi connectivity index (χ2n) is 9.35. The lowest BCUT2D eigenvalue weighted by atomic mass is 10.0. The van der Waals surface area contributed by atoms with Crippen LogP contribution in [0, 0.1) is 0 Å². The fourth-order valence-electron chi connectivity index (χ4n) is 4.53. The minimum absolute atomic E-state index is 0.0877. The van der Waals surface area contributed by atoms with E-state index in [0.29, 0.717) is 50.6 Å². The summed E-state index contributed by atoms with van der Waals surface area (Å²) in [6.45, 7) is 3.92. The molecule has 0 aromatic heterocycles. The first-order chi connectivity index (χ1) is 18.6. The summed E-state index contributed by atoms with van der Waals surface area (Å²) in [5, 5.41) is 3.02. The Balaban J connectivity index is 1.59. The van der Waals surface area contributed by atoms with E-state index in [1.165, 1.54) is 0 Å². The van der Waals surface area contributed by atoms with Crippen molar-refractivity contribution in [2.75, 3.05) is 26.9 Å². The number of amides is 2. The highest BCUT2D eigenvalue weighted by atomic mass is 16.6. The van der Waals surface area contributed by atoms with Crippen molar-refractivity contribution in [3.05, 3.63) is 89.5 Å². The topological polar surface area (TPSA) is 77.1 Å². The summed E-state index contributed by atoms with van der Waals surface area (Å²) in [6, 6.07) is 22.6. The quantitative estimate of drug-likeness (QED) is 0.382. The van der Waals surface area contributed by atoms with Crippen molar-refractivity contribution in [2.45, 2.75) is 45.2 Å². The van der Waals surface area contributed by atoms with E-state index in [-0.39, 0.29) is 18.2 Å². The maximum Gasteiger partial charge on any atom is 0.243 e. The molecule has 7 nitrogen and oxygen atoms in total. The normalized spacial score (nSPS) is 12.9. The van der Waals surface area contributed by atoms with Crippen LogP contribution in [0.1, 0.15) is 36.5 Å². The van der Waals surface area contributed by atoms with Crippen molar-refractivity contribution < 1.29 is 23.8 Å². The number of nitrogens with one attached hydrogen (secondary N) is 1. The second-order valence-corrected chi connectivity index (χ2v) is 9.35. The Hall–Kier alpha value is -4.00. The van der Waals surface area contributed by atoms with Crippen LogP contribution in [0.5, 0.6) is 17.2 Å². The summed E-state index contributed by atoms with van der Waals surface area (Å²) in [6.07, 6.45) is 2.03. The molecule has 38 heavy (non-hydrogen) atoms. The zero-order valence-electron chi connectivity index (χ0n) is 22.2. The Labute approximate surface area is 224 Å². The van der Waals surface area contributed by atoms with Gasteiger partial charge in [0.15, 0.2) is 11.5 Å². The van der Waals surface area contributed by atoms with Gasteiger partial charge in [-0.1, -0.05) is 55.5 Å². The first-order valence-electron chi connectivity index (χ1n) is 13.2. The van der Waals surface area contributed by atoms with Crippen LogP contribution >= 0.6 is 0 Å². The molecule has 0 bridgehead atoms. The summed E-state index contributed by atoms with van der Waals surface area (Å²) in [7, 11) is 1.62. The van der Waals surface area contributed by atoms with E-state index in [2.05, 4.69) is 5.32 Å². The van der Waals surface area contributed by atoms with Gasteiger partial charge in [0, 0.05) is 25.9 Å². The second kappa shape index (κ2) is 13.5. The fraction of sp³-hybridized carbons (Fsp3) is 0.355. The van der Waals surface area contributed by atoms with Crippen molar-refractivity contribution >= 4 is 11.8 Å². The number of ether oxygens (including phenoxy) is 3. The number of carbonyl (C=O) groups excluding carboxylic acids is 2. The van der Waals surface area contributed by atoms with E-state index in [0.717, 1.165) is 28.9 Å². The number of aryl methyl sites for hydroxylation is 1. The van der Waals surface area contributed by atoms with Crippen LogP contribution in [0.25, 0.3) is 0 Å². The van der Waals surface area contributed by atoms with Gasteiger partial charge < -0.3 is 24.4 Å². The highest BCUT2D eigenvalue weighted by Crippen LogP contribution is 2.31. The Bertz CT molecular complexity index is 1210. The van der Waals surface area contributed by atoms with Gasteiger partial charge in [-0.3, -0.25) is 9.59 Å². The largest absolute Gasteiger partial charge is 0.497 e. The van der Waals surface area contributed by atoms with Gasteiger partial charge in [-0.05, 0) is 53.8 Å². The molecule has 7 heteroatoms. The fourth-order valence-corrected chi connectivity index (χ4v) is 4.53. The van der Waals surface area contributed by atoms with Crippen LogP contribution in [0.4, 0.5) is 0 Å². The number of fused-ring (bicyclic) bond motifs is 1. The average Bonchev–Trinajstić information content (AvgIpc) is 2.97. The van der Waals surface area contributed by atoms with Crippen LogP contribution in [0.15, 0.2) is 72.8 Å². The van der Waals surface area contributed by atoms with Gasteiger partial charge in [-0.2, -0.15) is 0 Å². The zero-order chi connectivity index (χ0) is 26.7. The monoisotopic (exact) mass is 516 g/mol. The molecule has 1 heterocycles. The molecule has 1 aliphatic heterocycles. The average molecular weight is 517 g/mol. The minimum Gasteiger partial charge on any atom is -0.497 e. The number of rotatable bonds is 12. The van der Waals surface area contributed by atoms with Gasteiger partial charge in [-0.25, -0.2) is 0 Å². The third-order valence-corrected chi connectivity index (χ3v) is 6.54. The van der Waals surface area contributed by atoms with E-state index in [1.807, 2.05) is 79.7 Å². The highest BCUT2D eigenvalue weighted by molar-refractivity contribution is 5.88. The Morgan fingerprint density at radius 2 is 1.68 bits per heavy atom. The first-order valence-corrected chi connectivity index (χ1v) is 13.2. The van der Waals surface area contributed by atoms with Crippen molar-refractivity contribution in [2.24, 2.45) is 0 Å². The molecule has 1 N–H and O–H groups in total. The Kier molecular flexibility index (Phi) is 9.62. The van der Waals surface area contributed by atoms with Crippen molar-refractivity contribution in [1.82, 2.24) is 10.2 Å². The van der Waals surface area contributed by atoms with Crippen molar-refractivity contribution in [3.63, 3.8) is 0 Å². The lowest BCUT2D eigenvalue weighted by molar-refractivity contribution is -0.141. The molecule has 0 spiro atoms. The number of benzene rings is 3. The van der Waals surface area contributed by atoms with E-state index in [4.69, 9.17) is 14.2 Å². The summed E-state index contributed by atoms with van der Waals surface area (Å²) in [5.41, 5.74) is 2.89. The molecular weight excluding hydrogens is 480 g/mol. The minimum atomic E-state index is -0.650. The number of carbonyl (C=O) groups is 2. The molecule has 0 aliphatic carbocycles. The molecule has 0 fully saturated rings. The van der Waals surface area contributed by atoms with Crippen LogP contribution in [0.2, 0.25) is 0 Å². The lowest BCUT2D eigenvalue weighted by Crippen LogP contribution is -2.50. The summed E-state index contributed by atoms with van der Waals surface area (Å²) in [4.78, 5) is 29.0. The summed E-state index contributed by atoms with van der Waals surface area (Å²) < 4.78 is 16.7. The van der Waals surface area contributed by atoms with E-state index in [1.54, 1.807) is 12.0 Å². The van der Waals surface area contributed by atoms with Gasteiger partial charge in [0.05, 0.1) is 7.11 Å². The first kappa shape index (κ1) is 27.0.